The van der Waals surface area contributed by atoms with Crippen molar-refractivity contribution >= 4 is 6.03 Å². The number of hydrogen-bond donors (Lipinski definition) is 3. The molecule has 2 amide bonds. The first-order valence-corrected chi connectivity index (χ1v) is 7.17. The van der Waals surface area contributed by atoms with E-state index < -0.39 is 23.9 Å². The summed E-state index contributed by atoms with van der Waals surface area (Å²) in [6, 6.07) is 4.18. The van der Waals surface area contributed by atoms with E-state index in [1.54, 1.807) is 0 Å². The molecule has 1 unspecified atom stereocenters. The molecule has 0 fully saturated rings. The Morgan fingerprint density at radius 1 is 1.38 bits per heavy atom. The predicted octanol–water partition coefficient (Wildman–Crippen LogP) is 1.75. The molecule has 1 aromatic rings. The summed E-state index contributed by atoms with van der Waals surface area (Å²) >= 11 is 0. The van der Waals surface area contributed by atoms with Crippen LogP contribution in [0.25, 0.3) is 0 Å². The van der Waals surface area contributed by atoms with Crippen LogP contribution in [0, 0.1) is 11.8 Å². The predicted molar refractivity (Wildman–Crippen MR) is 82.2 cm³/mol. The van der Waals surface area contributed by atoms with Gasteiger partial charge in [0, 0.05) is 19.2 Å². The maximum atomic E-state index is 12.5. The Morgan fingerprint density at radius 3 is 2.79 bits per heavy atom. The number of ether oxygens (including phenoxy) is 1. The highest BCUT2D eigenvalue weighted by molar-refractivity contribution is 5.74. The lowest BCUT2D eigenvalue weighted by Crippen LogP contribution is -2.37. The van der Waals surface area contributed by atoms with Crippen LogP contribution in [0.15, 0.2) is 24.3 Å². The third kappa shape index (κ3) is 7.85. The molecule has 24 heavy (non-hydrogen) atoms. The normalized spacial score (nSPS) is 12.0. The molecule has 0 bridgehead atoms. The van der Waals surface area contributed by atoms with Crippen molar-refractivity contribution in [3.05, 3.63) is 35.4 Å². The highest BCUT2D eigenvalue weighted by Crippen LogP contribution is 2.29. The van der Waals surface area contributed by atoms with E-state index >= 15 is 0 Å². The minimum Gasteiger partial charge on any atom is -0.391 e. The number of carbonyl (C=O) groups is 1. The number of urea groups is 1. The average Bonchev–Trinajstić information content (AvgIpc) is 2.51. The molecule has 1 rings (SSSR count). The number of carbonyl (C=O) groups excluding carboxylic acids is 1. The fraction of sp³-hybridized carbons (Fsp3) is 0.438. The van der Waals surface area contributed by atoms with E-state index in [9.17, 15) is 23.1 Å². The second-order valence-electron chi connectivity index (χ2n) is 4.89. The molecule has 132 valence electrons. The van der Waals surface area contributed by atoms with E-state index in [4.69, 9.17) is 4.74 Å². The minimum absolute atomic E-state index is 0.0112. The van der Waals surface area contributed by atoms with Crippen molar-refractivity contribution in [1.82, 2.24) is 10.6 Å². The van der Waals surface area contributed by atoms with E-state index in [1.165, 1.54) is 19.2 Å². The van der Waals surface area contributed by atoms with Crippen LogP contribution >= 0.6 is 0 Å². The fourth-order valence-electron chi connectivity index (χ4n) is 1.73. The van der Waals surface area contributed by atoms with Gasteiger partial charge in [-0.15, -0.1) is 0 Å². The number of rotatable bonds is 6. The van der Waals surface area contributed by atoms with Crippen molar-refractivity contribution in [2.45, 2.75) is 18.7 Å². The topological polar surface area (TPSA) is 70.6 Å². The first kappa shape index (κ1) is 19.8. The molecule has 0 saturated carbocycles. The van der Waals surface area contributed by atoms with E-state index in [-0.39, 0.29) is 25.3 Å². The zero-order valence-electron chi connectivity index (χ0n) is 13.1. The molecule has 0 spiro atoms. The lowest BCUT2D eigenvalue weighted by atomic mass is 10.1. The van der Waals surface area contributed by atoms with E-state index in [1.807, 2.05) is 0 Å². The molecule has 0 radical (unpaired) electrons. The van der Waals surface area contributed by atoms with Gasteiger partial charge in [0.1, 0.15) is 0 Å². The van der Waals surface area contributed by atoms with Gasteiger partial charge in [-0.05, 0) is 24.6 Å². The lowest BCUT2D eigenvalue weighted by Gasteiger charge is -2.10. The summed E-state index contributed by atoms with van der Waals surface area (Å²) < 4.78 is 42.4. The van der Waals surface area contributed by atoms with Crippen molar-refractivity contribution in [3.63, 3.8) is 0 Å². The summed E-state index contributed by atoms with van der Waals surface area (Å²) in [5, 5.41) is 14.3. The molecule has 0 aromatic heterocycles. The zero-order chi connectivity index (χ0) is 18.0. The first-order chi connectivity index (χ1) is 11.3. The van der Waals surface area contributed by atoms with Crippen molar-refractivity contribution in [2.75, 3.05) is 26.8 Å². The number of amides is 2. The maximum absolute atomic E-state index is 12.5. The summed E-state index contributed by atoms with van der Waals surface area (Å²) in [6.07, 6.45) is -4.73. The van der Waals surface area contributed by atoms with Crippen LogP contribution in [0.1, 0.15) is 17.5 Å². The number of halogens is 3. The van der Waals surface area contributed by atoms with E-state index in [0.29, 0.717) is 6.42 Å². The van der Waals surface area contributed by atoms with Gasteiger partial charge >= 0.3 is 12.2 Å². The third-order valence-electron chi connectivity index (χ3n) is 2.88. The molecule has 0 saturated heterocycles. The fourth-order valence-corrected chi connectivity index (χ4v) is 1.73. The summed E-state index contributed by atoms with van der Waals surface area (Å²) in [4.78, 5) is 11.4. The van der Waals surface area contributed by atoms with Crippen molar-refractivity contribution < 1.29 is 27.8 Å². The summed E-state index contributed by atoms with van der Waals surface area (Å²) in [5.41, 5.74) is -0.552. The van der Waals surface area contributed by atoms with Gasteiger partial charge in [-0.3, -0.25) is 0 Å². The van der Waals surface area contributed by atoms with Crippen LogP contribution in [-0.4, -0.2) is 44.0 Å². The largest absolute Gasteiger partial charge is 0.416 e. The first-order valence-electron chi connectivity index (χ1n) is 7.17. The Labute approximate surface area is 138 Å². The van der Waals surface area contributed by atoms with Crippen molar-refractivity contribution in [1.29, 1.82) is 0 Å². The van der Waals surface area contributed by atoms with Crippen LogP contribution in [-0.2, 0) is 10.9 Å². The molecule has 1 aromatic carbocycles. The smallest absolute Gasteiger partial charge is 0.391 e. The number of alkyl halides is 3. The zero-order valence-corrected chi connectivity index (χ0v) is 13.1. The van der Waals surface area contributed by atoms with Crippen LogP contribution in [0.2, 0.25) is 0 Å². The second-order valence-corrected chi connectivity index (χ2v) is 4.89. The molecular weight excluding hydrogens is 325 g/mol. The van der Waals surface area contributed by atoms with Gasteiger partial charge in [-0.1, -0.05) is 17.9 Å². The van der Waals surface area contributed by atoms with Crippen molar-refractivity contribution in [3.8, 4) is 11.8 Å². The third-order valence-corrected chi connectivity index (χ3v) is 2.88. The molecule has 0 aliphatic carbocycles. The number of hydrogen-bond acceptors (Lipinski definition) is 3. The SMILES string of the molecule is COCC(O)CCNC(=O)NCC#Cc1cccc(C(F)(F)F)c1. The molecule has 0 aliphatic heterocycles. The van der Waals surface area contributed by atoms with E-state index in [2.05, 4.69) is 22.5 Å². The number of nitrogens with one attached hydrogen (secondary N) is 2. The maximum Gasteiger partial charge on any atom is 0.416 e. The Kier molecular flexibility index (Phi) is 8.09. The number of aliphatic hydroxyl groups is 1. The Hall–Kier alpha value is -2.24. The Balaban J connectivity index is 2.35. The van der Waals surface area contributed by atoms with Gasteiger partial charge in [0.15, 0.2) is 0 Å². The molecular formula is C16H19F3N2O3. The van der Waals surface area contributed by atoms with E-state index in [0.717, 1.165) is 12.1 Å². The summed E-state index contributed by atoms with van der Waals surface area (Å²) in [5.74, 6) is 5.13. The van der Waals surface area contributed by atoms with Crippen LogP contribution in [0.4, 0.5) is 18.0 Å². The standard InChI is InChI=1S/C16H19F3N2O3/c1-24-11-14(22)7-9-21-15(23)20-8-3-5-12-4-2-6-13(10-12)16(17,18)19/h2,4,6,10,14,22H,7-9,11H2,1H3,(H2,20,21,23). The Bertz CT molecular complexity index is 594. The van der Waals surface area contributed by atoms with Crippen LogP contribution in [0.5, 0.6) is 0 Å². The average molecular weight is 344 g/mol. The molecule has 0 heterocycles. The van der Waals surface area contributed by atoms with Gasteiger partial charge in [0.2, 0.25) is 0 Å². The monoisotopic (exact) mass is 344 g/mol. The van der Waals surface area contributed by atoms with Crippen LogP contribution in [0.3, 0.4) is 0 Å². The van der Waals surface area contributed by atoms with Crippen LogP contribution < -0.4 is 10.6 Å². The highest BCUT2D eigenvalue weighted by Gasteiger charge is 2.30. The highest BCUT2D eigenvalue weighted by atomic mass is 19.4. The lowest BCUT2D eigenvalue weighted by molar-refractivity contribution is -0.137. The van der Waals surface area contributed by atoms with Gasteiger partial charge in [-0.25, -0.2) is 4.79 Å². The van der Waals surface area contributed by atoms with Gasteiger partial charge in [-0.2, -0.15) is 13.2 Å². The number of benzene rings is 1. The quantitative estimate of drug-likeness (QED) is 0.689. The summed E-state index contributed by atoms with van der Waals surface area (Å²) in [6.45, 7) is 0.436. The minimum atomic E-state index is -4.41. The molecule has 8 heteroatoms. The van der Waals surface area contributed by atoms with Gasteiger partial charge in [0.05, 0.1) is 24.8 Å². The summed E-state index contributed by atoms with van der Waals surface area (Å²) in [7, 11) is 1.46. The number of methoxy groups -OCH3 is 1. The van der Waals surface area contributed by atoms with Crippen molar-refractivity contribution in [2.24, 2.45) is 0 Å². The number of aliphatic hydroxyl groups excluding tert-OH is 1. The molecule has 5 nitrogen and oxygen atoms in total. The molecule has 1 atom stereocenters. The second kappa shape index (κ2) is 9.80. The molecule has 0 aliphatic rings. The van der Waals surface area contributed by atoms with Gasteiger partial charge in [0.25, 0.3) is 0 Å². The molecule has 3 N–H and O–H groups in total. The van der Waals surface area contributed by atoms with Gasteiger partial charge < -0.3 is 20.5 Å². The Morgan fingerprint density at radius 2 is 2.12 bits per heavy atom.